The third-order valence-electron chi connectivity index (χ3n) is 4.66. The maximum atomic E-state index is 13.2. The van der Waals surface area contributed by atoms with Gasteiger partial charge in [-0.3, -0.25) is 9.59 Å². The minimum Gasteiger partial charge on any atom is -0.497 e. The minimum atomic E-state index is -0.310. The molecule has 0 radical (unpaired) electrons. The predicted octanol–water partition coefficient (Wildman–Crippen LogP) is 5.29. The van der Waals surface area contributed by atoms with Crippen molar-refractivity contribution >= 4 is 39.0 Å². The van der Waals surface area contributed by atoms with Crippen LogP contribution in [-0.2, 0) is 0 Å². The summed E-state index contributed by atoms with van der Waals surface area (Å²) in [5.74, 6) is 0.594. The fourth-order valence-corrected chi connectivity index (χ4v) is 4.03. The molecule has 4 rings (SSSR count). The van der Waals surface area contributed by atoms with Crippen LogP contribution in [0.1, 0.15) is 15.4 Å². The highest BCUT2D eigenvalue weighted by Crippen LogP contribution is 2.30. The molecule has 0 saturated heterocycles. The SMILES string of the molecule is COc1cccc(-c2c(NC(=O)c3cccs3)n(-c3ccc(Br)cc3)nc(C)c2=O)c1. The van der Waals surface area contributed by atoms with Gasteiger partial charge in [0.05, 0.1) is 23.2 Å². The van der Waals surface area contributed by atoms with Crippen LogP contribution in [0.15, 0.2) is 75.3 Å². The van der Waals surface area contributed by atoms with Crippen molar-refractivity contribution in [2.45, 2.75) is 6.92 Å². The normalized spacial score (nSPS) is 10.7. The van der Waals surface area contributed by atoms with E-state index in [-0.39, 0.29) is 11.3 Å². The van der Waals surface area contributed by atoms with Crippen molar-refractivity contribution in [1.82, 2.24) is 9.78 Å². The smallest absolute Gasteiger partial charge is 0.266 e. The Morgan fingerprint density at radius 3 is 2.58 bits per heavy atom. The maximum absolute atomic E-state index is 13.2. The van der Waals surface area contributed by atoms with E-state index in [9.17, 15) is 9.59 Å². The molecule has 2 aromatic carbocycles. The molecule has 0 spiro atoms. The number of halogens is 1. The van der Waals surface area contributed by atoms with Crippen LogP contribution in [0.5, 0.6) is 5.75 Å². The molecular weight excluding hydrogens is 478 g/mol. The number of rotatable bonds is 5. The van der Waals surface area contributed by atoms with Gasteiger partial charge >= 0.3 is 0 Å². The highest BCUT2D eigenvalue weighted by molar-refractivity contribution is 9.10. The molecule has 6 nitrogen and oxygen atoms in total. The van der Waals surface area contributed by atoms with Crippen LogP contribution in [0.2, 0.25) is 0 Å². The number of thiophene rings is 1. The molecule has 2 aromatic heterocycles. The Balaban J connectivity index is 1.98. The molecule has 2 heterocycles. The fourth-order valence-electron chi connectivity index (χ4n) is 3.15. The number of aryl methyl sites for hydroxylation is 1. The predicted molar refractivity (Wildman–Crippen MR) is 127 cm³/mol. The summed E-state index contributed by atoms with van der Waals surface area (Å²) in [5.41, 5.74) is 1.73. The zero-order chi connectivity index (χ0) is 22.0. The number of ether oxygens (including phenoxy) is 1. The molecule has 0 aliphatic heterocycles. The first-order valence-corrected chi connectivity index (χ1v) is 11.0. The summed E-state index contributed by atoms with van der Waals surface area (Å²) in [7, 11) is 1.57. The van der Waals surface area contributed by atoms with Gasteiger partial charge < -0.3 is 10.1 Å². The number of nitrogens with zero attached hydrogens (tertiary/aromatic N) is 2. The van der Waals surface area contributed by atoms with Crippen LogP contribution < -0.4 is 15.5 Å². The van der Waals surface area contributed by atoms with E-state index < -0.39 is 0 Å². The number of methoxy groups -OCH3 is 1. The molecule has 0 bridgehead atoms. The molecule has 1 amide bonds. The van der Waals surface area contributed by atoms with Gasteiger partial charge in [0.15, 0.2) is 0 Å². The number of benzene rings is 2. The summed E-state index contributed by atoms with van der Waals surface area (Å²) in [4.78, 5) is 26.7. The molecule has 0 unspecified atom stereocenters. The van der Waals surface area contributed by atoms with E-state index in [4.69, 9.17) is 4.74 Å². The van der Waals surface area contributed by atoms with Crippen molar-refractivity contribution < 1.29 is 9.53 Å². The first kappa shape index (κ1) is 21.0. The molecule has 0 saturated carbocycles. The lowest BCUT2D eigenvalue weighted by molar-refractivity contribution is 0.102. The molecule has 0 atom stereocenters. The molecule has 156 valence electrons. The Hall–Kier alpha value is -3.23. The Morgan fingerprint density at radius 2 is 1.90 bits per heavy atom. The third kappa shape index (κ3) is 4.30. The second kappa shape index (κ2) is 8.87. The van der Waals surface area contributed by atoms with Crippen molar-refractivity contribution in [2.24, 2.45) is 0 Å². The standard InChI is InChI=1S/C23H18BrN3O3S/c1-14-21(28)20(15-5-3-6-18(13-15)30-2)22(25-23(29)19-7-4-12-31-19)27(26-14)17-10-8-16(24)9-11-17/h3-13H,1-2H3,(H,25,29). The average molecular weight is 496 g/mol. The topological polar surface area (TPSA) is 73.2 Å². The number of aromatic nitrogens is 2. The molecule has 0 aliphatic carbocycles. The second-order valence-corrected chi connectivity index (χ2v) is 8.55. The number of nitrogens with one attached hydrogen (secondary N) is 1. The molecule has 1 N–H and O–H groups in total. The van der Waals surface area contributed by atoms with Gasteiger partial charge in [-0.1, -0.05) is 34.1 Å². The Morgan fingerprint density at radius 1 is 1.13 bits per heavy atom. The van der Waals surface area contributed by atoms with E-state index >= 15 is 0 Å². The van der Waals surface area contributed by atoms with E-state index in [0.29, 0.717) is 39.0 Å². The summed E-state index contributed by atoms with van der Waals surface area (Å²) in [6.07, 6.45) is 0. The summed E-state index contributed by atoms with van der Waals surface area (Å²) in [5, 5.41) is 9.23. The summed E-state index contributed by atoms with van der Waals surface area (Å²) in [6, 6.07) is 18.2. The highest BCUT2D eigenvalue weighted by Gasteiger charge is 2.21. The molecule has 0 fully saturated rings. The van der Waals surface area contributed by atoms with Crippen molar-refractivity contribution in [3.8, 4) is 22.6 Å². The first-order chi connectivity index (χ1) is 15.0. The Kier molecular flexibility index (Phi) is 6.01. The van der Waals surface area contributed by atoms with Gasteiger partial charge in [0.1, 0.15) is 17.3 Å². The van der Waals surface area contributed by atoms with Crippen LogP contribution in [0, 0.1) is 6.92 Å². The van der Waals surface area contributed by atoms with E-state index in [2.05, 4.69) is 26.3 Å². The highest BCUT2D eigenvalue weighted by atomic mass is 79.9. The number of carbonyl (C=O) groups is 1. The molecule has 0 aliphatic rings. The monoisotopic (exact) mass is 495 g/mol. The number of hydrogen-bond donors (Lipinski definition) is 1. The summed E-state index contributed by atoms with van der Waals surface area (Å²) in [6.45, 7) is 1.66. The fraction of sp³-hybridized carbons (Fsp3) is 0.0870. The van der Waals surface area contributed by atoms with Gasteiger partial charge in [0.25, 0.3) is 5.91 Å². The van der Waals surface area contributed by atoms with E-state index in [1.54, 1.807) is 49.0 Å². The van der Waals surface area contributed by atoms with E-state index in [1.165, 1.54) is 11.3 Å². The van der Waals surface area contributed by atoms with Crippen LogP contribution in [-0.4, -0.2) is 22.8 Å². The van der Waals surface area contributed by atoms with E-state index in [0.717, 1.165) is 4.47 Å². The quantitative estimate of drug-likeness (QED) is 0.408. The van der Waals surface area contributed by atoms with Gasteiger partial charge in [-0.2, -0.15) is 5.10 Å². The molecule has 4 aromatic rings. The van der Waals surface area contributed by atoms with Gasteiger partial charge in [-0.15, -0.1) is 11.3 Å². The van der Waals surface area contributed by atoms with Crippen LogP contribution in [0.25, 0.3) is 16.8 Å². The minimum absolute atomic E-state index is 0.261. The Bertz CT molecular complexity index is 1300. The molecular formula is C23H18BrN3O3S. The number of hydrogen-bond acceptors (Lipinski definition) is 5. The number of anilines is 1. The maximum Gasteiger partial charge on any atom is 0.266 e. The number of amides is 1. The lowest BCUT2D eigenvalue weighted by atomic mass is 10.0. The zero-order valence-electron chi connectivity index (χ0n) is 16.8. The van der Waals surface area contributed by atoms with Crippen LogP contribution in [0.3, 0.4) is 0 Å². The van der Waals surface area contributed by atoms with Gasteiger partial charge in [0.2, 0.25) is 5.43 Å². The van der Waals surface area contributed by atoms with Crippen molar-refractivity contribution in [2.75, 3.05) is 12.4 Å². The van der Waals surface area contributed by atoms with Crippen molar-refractivity contribution in [3.05, 3.63) is 91.3 Å². The molecule has 8 heteroatoms. The lowest BCUT2D eigenvalue weighted by Crippen LogP contribution is -2.24. The van der Waals surface area contributed by atoms with Gasteiger partial charge in [-0.25, -0.2) is 4.68 Å². The van der Waals surface area contributed by atoms with Crippen LogP contribution in [0.4, 0.5) is 5.82 Å². The first-order valence-electron chi connectivity index (χ1n) is 9.37. The Labute approximate surface area is 191 Å². The third-order valence-corrected chi connectivity index (χ3v) is 6.06. The summed E-state index contributed by atoms with van der Waals surface area (Å²) < 4.78 is 7.83. The van der Waals surface area contributed by atoms with Gasteiger partial charge in [-0.05, 0) is 60.3 Å². The van der Waals surface area contributed by atoms with E-state index in [1.807, 2.05) is 35.7 Å². The average Bonchev–Trinajstić information content (AvgIpc) is 3.32. The summed E-state index contributed by atoms with van der Waals surface area (Å²) >= 11 is 4.76. The van der Waals surface area contributed by atoms with Gasteiger partial charge in [0, 0.05) is 4.47 Å². The second-order valence-electron chi connectivity index (χ2n) is 6.69. The zero-order valence-corrected chi connectivity index (χ0v) is 19.2. The van der Waals surface area contributed by atoms with Crippen molar-refractivity contribution in [1.29, 1.82) is 0 Å². The van der Waals surface area contributed by atoms with Crippen molar-refractivity contribution in [3.63, 3.8) is 0 Å². The number of carbonyl (C=O) groups excluding carboxylic acids is 1. The van der Waals surface area contributed by atoms with Crippen LogP contribution >= 0.6 is 27.3 Å². The lowest BCUT2D eigenvalue weighted by Gasteiger charge is -2.18. The molecule has 31 heavy (non-hydrogen) atoms. The largest absolute Gasteiger partial charge is 0.497 e.